The molecular formula is C28H38N4O6. The molecule has 0 saturated heterocycles. The first-order chi connectivity index (χ1) is 18.0. The molecule has 10 nitrogen and oxygen atoms in total. The molecule has 0 spiro atoms. The van der Waals surface area contributed by atoms with E-state index in [4.69, 9.17) is 15.2 Å². The molecule has 38 heavy (non-hydrogen) atoms. The van der Waals surface area contributed by atoms with Crippen LogP contribution in [0.4, 0.5) is 9.59 Å². The van der Waals surface area contributed by atoms with Crippen molar-refractivity contribution in [1.29, 1.82) is 0 Å². The maximum Gasteiger partial charge on any atom is 0.413 e. The number of nitrogens with one attached hydrogen (secondary N) is 2. The van der Waals surface area contributed by atoms with Gasteiger partial charge in [0.15, 0.2) is 5.88 Å². The largest absolute Gasteiger partial charge is 0.494 e. The zero-order chi connectivity index (χ0) is 27.9. The number of rotatable bonds is 10. The van der Waals surface area contributed by atoms with Crippen LogP contribution in [0.5, 0.6) is 5.88 Å². The number of hydrogen-bond acceptors (Lipinski definition) is 7. The highest BCUT2D eigenvalue weighted by Crippen LogP contribution is 2.33. The number of ether oxygens (including phenoxy) is 2. The second-order valence-electron chi connectivity index (χ2n) is 10.1. The van der Waals surface area contributed by atoms with Gasteiger partial charge in [0.05, 0.1) is 5.56 Å². The predicted molar refractivity (Wildman–Crippen MR) is 144 cm³/mol. The van der Waals surface area contributed by atoms with E-state index in [0.29, 0.717) is 29.3 Å². The fourth-order valence-corrected chi connectivity index (χ4v) is 4.10. The van der Waals surface area contributed by atoms with Crippen molar-refractivity contribution in [1.82, 2.24) is 15.2 Å². The summed E-state index contributed by atoms with van der Waals surface area (Å²) in [6.07, 6.45) is -4.13. The van der Waals surface area contributed by atoms with Crippen molar-refractivity contribution in [2.45, 2.75) is 71.1 Å². The Bertz CT molecular complexity index is 1210. The summed E-state index contributed by atoms with van der Waals surface area (Å²) in [6.45, 7) is 7.19. The highest BCUT2D eigenvalue weighted by atomic mass is 16.6. The number of nitrogens with two attached hydrogens (primary N) is 1. The minimum absolute atomic E-state index is 0.154. The number of amides is 2. The van der Waals surface area contributed by atoms with Gasteiger partial charge in [-0.2, -0.15) is 0 Å². The molecule has 1 aromatic heterocycles. The van der Waals surface area contributed by atoms with Gasteiger partial charge in [-0.25, -0.2) is 9.59 Å². The first-order valence-corrected chi connectivity index (χ1v) is 12.7. The van der Waals surface area contributed by atoms with Crippen molar-refractivity contribution >= 4 is 23.1 Å². The number of hydrogen-bond donors (Lipinski definition) is 5. The summed E-state index contributed by atoms with van der Waals surface area (Å²) in [5, 5.41) is 24.6. The minimum Gasteiger partial charge on any atom is -0.494 e. The number of aliphatic hydroxyl groups excluding tert-OH is 1. The number of alkyl carbamates (subject to hydrolysis) is 1. The molecule has 2 aromatic carbocycles. The van der Waals surface area contributed by atoms with Gasteiger partial charge < -0.3 is 30.4 Å². The van der Waals surface area contributed by atoms with E-state index in [2.05, 4.69) is 10.3 Å². The van der Waals surface area contributed by atoms with Gasteiger partial charge in [-0.05, 0) is 51.7 Å². The van der Waals surface area contributed by atoms with Gasteiger partial charge in [0.2, 0.25) is 6.23 Å². The first-order valence-electron chi connectivity index (χ1n) is 12.7. The van der Waals surface area contributed by atoms with Crippen LogP contribution in [0, 0.1) is 0 Å². The van der Waals surface area contributed by atoms with Crippen LogP contribution in [0.2, 0.25) is 0 Å². The van der Waals surface area contributed by atoms with Gasteiger partial charge in [0.1, 0.15) is 17.9 Å². The number of benzene rings is 2. The lowest BCUT2D eigenvalue weighted by Crippen LogP contribution is -2.51. The van der Waals surface area contributed by atoms with Crippen molar-refractivity contribution in [2.75, 3.05) is 6.54 Å². The Kier molecular flexibility index (Phi) is 9.60. The Morgan fingerprint density at radius 2 is 1.76 bits per heavy atom. The third-order valence-electron chi connectivity index (χ3n) is 5.86. The Labute approximate surface area is 222 Å². The van der Waals surface area contributed by atoms with E-state index in [9.17, 15) is 19.8 Å². The van der Waals surface area contributed by atoms with Gasteiger partial charge in [-0.1, -0.05) is 55.5 Å². The Hall–Kier alpha value is -3.76. The molecule has 2 amide bonds. The molecule has 3 atom stereocenters. The van der Waals surface area contributed by atoms with Crippen LogP contribution in [-0.4, -0.2) is 56.8 Å². The lowest BCUT2D eigenvalue weighted by Gasteiger charge is -2.32. The highest BCUT2D eigenvalue weighted by molar-refractivity contribution is 5.86. The zero-order valence-electron chi connectivity index (χ0n) is 22.3. The number of H-pyrrole nitrogens is 1. The standard InChI is InChI=1S/C28H38N4O6/c1-5-17-32(23(29)22-19-13-9-10-14-20(19)30-24(22)34)27(36)37-25(31-26(35)38-28(2,3)4)21(33)16-15-18-11-7-6-8-12-18/h6-14,21,23,25,30,33-34H,5,15-17,29H2,1-4H3,(H,31,35). The third kappa shape index (κ3) is 7.62. The van der Waals surface area contributed by atoms with E-state index in [1.807, 2.05) is 43.3 Å². The van der Waals surface area contributed by atoms with E-state index < -0.39 is 36.3 Å². The molecule has 3 rings (SSSR count). The average Bonchev–Trinajstić information content (AvgIpc) is 3.20. The van der Waals surface area contributed by atoms with Gasteiger partial charge in [-0.15, -0.1) is 0 Å². The minimum atomic E-state index is -1.40. The van der Waals surface area contributed by atoms with E-state index in [1.54, 1.807) is 39.0 Å². The van der Waals surface area contributed by atoms with Crippen LogP contribution in [0.3, 0.4) is 0 Å². The normalized spacial score (nSPS) is 13.9. The second kappa shape index (κ2) is 12.7. The van der Waals surface area contributed by atoms with Crippen molar-refractivity contribution in [3.05, 3.63) is 65.7 Å². The molecule has 0 saturated carbocycles. The van der Waals surface area contributed by atoms with Crippen molar-refractivity contribution < 1.29 is 29.3 Å². The van der Waals surface area contributed by atoms with Crippen molar-refractivity contribution in [3.63, 3.8) is 0 Å². The van der Waals surface area contributed by atoms with E-state index in [0.717, 1.165) is 5.56 Å². The smallest absolute Gasteiger partial charge is 0.413 e. The summed E-state index contributed by atoms with van der Waals surface area (Å²) in [6, 6.07) is 16.7. The Morgan fingerprint density at radius 1 is 1.11 bits per heavy atom. The van der Waals surface area contributed by atoms with E-state index >= 15 is 0 Å². The van der Waals surface area contributed by atoms with Gasteiger partial charge in [0, 0.05) is 17.4 Å². The molecule has 0 aliphatic heterocycles. The number of aromatic hydroxyl groups is 1. The third-order valence-corrected chi connectivity index (χ3v) is 5.86. The average molecular weight is 527 g/mol. The molecule has 0 aliphatic rings. The number of aromatic nitrogens is 1. The number of carbonyl (C=O) groups excluding carboxylic acids is 2. The number of carbonyl (C=O) groups is 2. The van der Waals surface area contributed by atoms with Crippen LogP contribution in [0.25, 0.3) is 10.9 Å². The number of aromatic amines is 1. The highest BCUT2D eigenvalue weighted by Gasteiger charge is 2.33. The first kappa shape index (κ1) is 28.8. The summed E-state index contributed by atoms with van der Waals surface area (Å²) in [4.78, 5) is 30.0. The molecule has 0 fully saturated rings. The summed E-state index contributed by atoms with van der Waals surface area (Å²) in [5.74, 6) is -0.154. The van der Waals surface area contributed by atoms with Gasteiger partial charge >= 0.3 is 12.2 Å². The zero-order valence-corrected chi connectivity index (χ0v) is 22.3. The molecule has 3 unspecified atom stereocenters. The molecule has 206 valence electrons. The van der Waals surface area contributed by atoms with Crippen LogP contribution in [0.15, 0.2) is 54.6 Å². The number of fused-ring (bicyclic) bond motifs is 1. The van der Waals surface area contributed by atoms with E-state index in [-0.39, 0.29) is 18.8 Å². The lowest BCUT2D eigenvalue weighted by atomic mass is 10.1. The number of aryl methyl sites for hydroxylation is 1. The number of para-hydroxylation sites is 1. The topological polar surface area (TPSA) is 150 Å². The van der Waals surface area contributed by atoms with Gasteiger partial charge in [0.25, 0.3) is 0 Å². The number of nitrogens with zero attached hydrogens (tertiary/aromatic N) is 1. The van der Waals surface area contributed by atoms with Crippen molar-refractivity contribution in [3.8, 4) is 5.88 Å². The lowest BCUT2D eigenvalue weighted by molar-refractivity contribution is -0.0402. The molecule has 6 N–H and O–H groups in total. The van der Waals surface area contributed by atoms with E-state index in [1.165, 1.54) is 4.90 Å². The summed E-state index contributed by atoms with van der Waals surface area (Å²) in [5.41, 5.74) is 7.68. The monoisotopic (exact) mass is 526 g/mol. The SMILES string of the molecule is CCCN(C(=O)OC(NC(=O)OC(C)(C)C)C(O)CCc1ccccc1)C(N)c1c(O)[nH]c2ccccc12. The number of aliphatic hydroxyl groups is 1. The maximum absolute atomic E-state index is 13.4. The fourth-order valence-electron chi connectivity index (χ4n) is 4.10. The maximum atomic E-state index is 13.4. The summed E-state index contributed by atoms with van der Waals surface area (Å²) < 4.78 is 10.9. The molecule has 1 heterocycles. The molecule has 10 heteroatoms. The quantitative estimate of drug-likeness (QED) is 0.244. The predicted octanol–water partition coefficient (Wildman–Crippen LogP) is 4.52. The molecular weight excluding hydrogens is 488 g/mol. The van der Waals surface area contributed by atoms with Crippen LogP contribution in [-0.2, 0) is 15.9 Å². The molecule has 3 aromatic rings. The Morgan fingerprint density at radius 3 is 2.42 bits per heavy atom. The van der Waals surface area contributed by atoms with Crippen LogP contribution in [0.1, 0.15) is 57.8 Å². The van der Waals surface area contributed by atoms with Crippen LogP contribution >= 0.6 is 0 Å². The molecule has 0 radical (unpaired) electrons. The summed E-state index contributed by atoms with van der Waals surface area (Å²) in [7, 11) is 0. The van der Waals surface area contributed by atoms with Crippen molar-refractivity contribution in [2.24, 2.45) is 5.73 Å². The second-order valence-corrected chi connectivity index (χ2v) is 10.1. The molecule has 0 aliphatic carbocycles. The van der Waals surface area contributed by atoms with Gasteiger partial charge in [-0.3, -0.25) is 10.2 Å². The fraction of sp³-hybridized carbons (Fsp3) is 0.429. The van der Waals surface area contributed by atoms with Crippen LogP contribution < -0.4 is 11.1 Å². The Balaban J connectivity index is 1.81. The molecule has 0 bridgehead atoms. The summed E-state index contributed by atoms with van der Waals surface area (Å²) >= 11 is 0.